The highest BCUT2D eigenvalue weighted by Gasteiger charge is 2.80. The van der Waals surface area contributed by atoms with Crippen molar-refractivity contribution in [3.8, 4) is 18.2 Å². The molecule has 0 radical (unpaired) electrons. The summed E-state index contributed by atoms with van der Waals surface area (Å²) in [7, 11) is -3.69. The second-order valence-electron chi connectivity index (χ2n) is 7.23. The molecule has 0 aromatic carbocycles. The van der Waals surface area contributed by atoms with Gasteiger partial charge in [0, 0.05) is 6.42 Å². The second kappa shape index (κ2) is 7.14. The van der Waals surface area contributed by atoms with Gasteiger partial charge in [-0.15, -0.1) is 0 Å². The highest BCUT2D eigenvalue weighted by molar-refractivity contribution is 7.53. The van der Waals surface area contributed by atoms with Gasteiger partial charge in [-0.05, 0) is 26.7 Å². The second-order valence-corrected chi connectivity index (χ2v) is 9.33. The highest BCUT2D eigenvalue weighted by atomic mass is 31.2. The molecule has 1 aliphatic carbocycles. The van der Waals surface area contributed by atoms with Crippen molar-refractivity contribution >= 4 is 13.5 Å². The average Bonchev–Trinajstić information content (AvgIpc) is 2.88. The molecule has 9 nitrogen and oxygen atoms in total. The van der Waals surface area contributed by atoms with Crippen LogP contribution >= 0.6 is 7.60 Å². The number of rotatable bonds is 6. The van der Waals surface area contributed by atoms with Crippen molar-refractivity contribution in [3.05, 3.63) is 0 Å². The minimum absolute atomic E-state index is 0.111. The molecule has 2 aliphatic heterocycles. The summed E-state index contributed by atoms with van der Waals surface area (Å²) in [6.07, 6.45) is 0.846. The Kier molecular flexibility index (Phi) is 5.30. The number of hydrogen-bond acceptors (Lipinski definition) is 9. The molecular weight excluding hydrogens is 383 g/mol. The van der Waals surface area contributed by atoms with Crippen LogP contribution in [0.1, 0.15) is 39.5 Å². The van der Waals surface area contributed by atoms with Crippen LogP contribution in [0.3, 0.4) is 0 Å². The van der Waals surface area contributed by atoms with Crippen LogP contribution in [0.4, 0.5) is 0 Å². The number of ether oxygens (including phenoxy) is 2. The van der Waals surface area contributed by atoms with E-state index in [1.165, 1.54) is 0 Å². The summed E-state index contributed by atoms with van der Waals surface area (Å²) in [5, 5.41) is 38.7. The smallest absolute Gasteiger partial charge is 0.333 e. The summed E-state index contributed by atoms with van der Waals surface area (Å²) in [4.78, 5) is 0. The fourth-order valence-corrected chi connectivity index (χ4v) is 6.70. The topological polar surface area (TPSA) is 149 Å². The lowest BCUT2D eigenvalue weighted by Crippen LogP contribution is -2.64. The molecule has 2 heterocycles. The lowest BCUT2D eigenvalue weighted by molar-refractivity contribution is -0.286. The standard InChI is InChI=1S/C18H23N4O5P/c1-3-24-28(23,25-4-2)9-14-16(10-19,11-20)17(12-21)13-7-5-6-8-18(13,26-14)27-15(17)22/h13-14,22H,3-9H2,1-2H3/t13-,14+,17-,18+/m0/s1. The Balaban J connectivity index is 2.16. The minimum atomic E-state index is -3.69. The summed E-state index contributed by atoms with van der Waals surface area (Å²) in [5.41, 5.74) is -3.85. The molecule has 0 amide bonds. The molecular formula is C18H23N4O5P. The average molecular weight is 406 g/mol. The van der Waals surface area contributed by atoms with Crippen LogP contribution in [0.15, 0.2) is 0 Å². The summed E-state index contributed by atoms with van der Waals surface area (Å²) in [6, 6.07) is 5.96. The van der Waals surface area contributed by atoms with Gasteiger partial charge in [0.2, 0.25) is 11.7 Å². The number of nitrogens with one attached hydrogen (secondary N) is 1. The van der Waals surface area contributed by atoms with E-state index in [-0.39, 0.29) is 19.4 Å². The third kappa shape index (κ3) is 2.53. The molecule has 1 N–H and O–H groups in total. The number of nitriles is 3. The summed E-state index contributed by atoms with van der Waals surface area (Å²) < 4.78 is 35.7. The van der Waals surface area contributed by atoms with Gasteiger partial charge in [-0.1, -0.05) is 6.42 Å². The van der Waals surface area contributed by atoms with Crippen LogP contribution in [0, 0.1) is 56.2 Å². The zero-order chi connectivity index (χ0) is 20.6. The molecule has 150 valence electrons. The van der Waals surface area contributed by atoms with Crippen molar-refractivity contribution in [3.63, 3.8) is 0 Å². The molecule has 0 aromatic heterocycles. The third-order valence-electron chi connectivity index (χ3n) is 5.97. The van der Waals surface area contributed by atoms with Gasteiger partial charge in [-0.25, -0.2) is 0 Å². The molecule has 0 spiro atoms. The van der Waals surface area contributed by atoms with Crippen molar-refractivity contribution in [2.45, 2.75) is 51.4 Å². The first-order valence-corrected chi connectivity index (χ1v) is 11.1. The Bertz CT molecular complexity index is 818. The van der Waals surface area contributed by atoms with Crippen molar-refractivity contribution in [1.82, 2.24) is 0 Å². The predicted molar refractivity (Wildman–Crippen MR) is 95.8 cm³/mol. The maximum atomic E-state index is 13.1. The lowest BCUT2D eigenvalue weighted by atomic mass is 9.52. The van der Waals surface area contributed by atoms with Crippen LogP contribution in [-0.2, 0) is 23.1 Å². The Morgan fingerprint density at radius 3 is 2.36 bits per heavy atom. The van der Waals surface area contributed by atoms with E-state index >= 15 is 0 Å². The van der Waals surface area contributed by atoms with E-state index in [2.05, 4.69) is 6.07 Å². The van der Waals surface area contributed by atoms with Crippen LogP contribution in [-0.4, -0.2) is 37.2 Å². The predicted octanol–water partition coefficient (Wildman–Crippen LogP) is 3.09. The number of hydrogen-bond donors (Lipinski definition) is 1. The molecule has 4 atom stereocenters. The Labute approximate surface area is 164 Å². The molecule has 3 aliphatic rings. The first kappa shape index (κ1) is 20.8. The third-order valence-corrected chi connectivity index (χ3v) is 8.05. The normalized spacial score (nSPS) is 35.8. The van der Waals surface area contributed by atoms with E-state index in [0.29, 0.717) is 12.8 Å². The largest absolute Gasteiger partial charge is 0.447 e. The molecule has 2 bridgehead atoms. The minimum Gasteiger partial charge on any atom is -0.447 e. The van der Waals surface area contributed by atoms with E-state index in [1.807, 2.05) is 12.1 Å². The van der Waals surface area contributed by atoms with Gasteiger partial charge in [-0.2, -0.15) is 15.8 Å². The lowest BCUT2D eigenvalue weighted by Gasteiger charge is -2.51. The van der Waals surface area contributed by atoms with E-state index < -0.39 is 42.1 Å². The van der Waals surface area contributed by atoms with Crippen LogP contribution in [0.2, 0.25) is 0 Å². The van der Waals surface area contributed by atoms with Gasteiger partial charge >= 0.3 is 7.60 Å². The van der Waals surface area contributed by atoms with Gasteiger partial charge in [0.05, 0.1) is 43.5 Å². The quantitative estimate of drug-likeness (QED) is 0.661. The highest BCUT2D eigenvalue weighted by Crippen LogP contribution is 2.68. The molecule has 0 aromatic rings. The van der Waals surface area contributed by atoms with Crippen LogP contribution < -0.4 is 0 Å². The fourth-order valence-electron chi connectivity index (χ4n) is 4.87. The van der Waals surface area contributed by atoms with E-state index in [9.17, 15) is 20.4 Å². The van der Waals surface area contributed by atoms with Gasteiger partial charge in [0.25, 0.3) is 0 Å². The zero-order valence-corrected chi connectivity index (χ0v) is 16.8. The maximum absolute atomic E-state index is 13.1. The van der Waals surface area contributed by atoms with E-state index in [1.54, 1.807) is 13.8 Å². The van der Waals surface area contributed by atoms with Crippen molar-refractivity contribution in [2.75, 3.05) is 19.4 Å². The number of nitrogens with zero attached hydrogens (tertiary/aromatic N) is 3. The summed E-state index contributed by atoms with van der Waals surface area (Å²) in [6.45, 7) is 3.54. The van der Waals surface area contributed by atoms with Crippen molar-refractivity contribution in [2.24, 2.45) is 16.7 Å². The molecule has 3 fully saturated rings. The van der Waals surface area contributed by atoms with Crippen LogP contribution in [0.5, 0.6) is 0 Å². The molecule has 1 saturated carbocycles. The molecule has 3 rings (SSSR count). The van der Waals surface area contributed by atoms with Crippen LogP contribution in [0.25, 0.3) is 0 Å². The molecule has 0 unspecified atom stereocenters. The first-order chi connectivity index (χ1) is 13.3. The zero-order valence-electron chi connectivity index (χ0n) is 15.9. The molecule has 2 saturated heterocycles. The van der Waals surface area contributed by atoms with Crippen molar-refractivity contribution < 1.29 is 23.1 Å². The summed E-state index contributed by atoms with van der Waals surface area (Å²) in [5.74, 6) is -2.30. The van der Waals surface area contributed by atoms with E-state index in [0.717, 1.165) is 12.8 Å². The fraction of sp³-hybridized carbons (Fsp3) is 0.778. The van der Waals surface area contributed by atoms with Gasteiger partial charge < -0.3 is 18.5 Å². The van der Waals surface area contributed by atoms with Gasteiger partial charge in [0.15, 0.2) is 10.8 Å². The maximum Gasteiger partial charge on any atom is 0.333 e. The Hall–Kier alpha value is -1.95. The van der Waals surface area contributed by atoms with E-state index in [4.69, 9.17) is 23.9 Å². The molecule has 28 heavy (non-hydrogen) atoms. The van der Waals surface area contributed by atoms with Gasteiger partial charge in [0.1, 0.15) is 6.10 Å². The molecule has 10 heteroatoms. The van der Waals surface area contributed by atoms with Gasteiger partial charge in [-0.3, -0.25) is 9.97 Å². The van der Waals surface area contributed by atoms with Crippen molar-refractivity contribution in [1.29, 1.82) is 21.2 Å². The Morgan fingerprint density at radius 2 is 1.82 bits per heavy atom. The summed E-state index contributed by atoms with van der Waals surface area (Å²) >= 11 is 0. The monoisotopic (exact) mass is 406 g/mol. The Morgan fingerprint density at radius 1 is 1.18 bits per heavy atom. The first-order valence-electron chi connectivity index (χ1n) is 9.41. The SMILES string of the molecule is CCOP(=O)(C[C@H]1O[C@@]23CCCC[C@H]2[C@@](C#N)(C(=N)O3)C1(C#N)C#N)OCC.